The van der Waals surface area contributed by atoms with Gasteiger partial charge in [-0.15, -0.1) is 0 Å². The largest absolute Gasteiger partial charge is 0.362 e. The van der Waals surface area contributed by atoms with Gasteiger partial charge >= 0.3 is 0 Å². The molecule has 2 saturated heterocycles. The number of ether oxygens (including phenoxy) is 1. The van der Waals surface area contributed by atoms with E-state index in [1.807, 2.05) is 13.0 Å². The SMILES string of the molecule is Cc1ccc(NC(=O)c2cccc([C@H]3CCCN3C(=O)CCN3C(=O)COCC3=O)n2)nc1. The third-order valence-corrected chi connectivity index (χ3v) is 5.67. The summed E-state index contributed by atoms with van der Waals surface area (Å²) in [6, 6.07) is 8.46. The van der Waals surface area contributed by atoms with Crippen LogP contribution in [-0.4, -0.2) is 69.7 Å². The molecular formula is C23H25N5O5. The molecule has 2 aromatic heterocycles. The van der Waals surface area contributed by atoms with Crippen molar-refractivity contribution in [2.45, 2.75) is 32.2 Å². The number of aromatic nitrogens is 2. The lowest BCUT2D eigenvalue weighted by Gasteiger charge is -2.28. The van der Waals surface area contributed by atoms with Crippen LogP contribution in [0.1, 0.15) is 47.1 Å². The molecule has 2 fully saturated rings. The van der Waals surface area contributed by atoms with Gasteiger partial charge in [-0.1, -0.05) is 12.1 Å². The Morgan fingerprint density at radius 2 is 1.94 bits per heavy atom. The molecular weight excluding hydrogens is 426 g/mol. The van der Waals surface area contributed by atoms with Gasteiger partial charge in [0.05, 0.1) is 11.7 Å². The molecule has 4 heterocycles. The Morgan fingerprint density at radius 1 is 1.15 bits per heavy atom. The van der Waals surface area contributed by atoms with Crippen molar-refractivity contribution in [3.05, 3.63) is 53.5 Å². The maximum Gasteiger partial charge on any atom is 0.275 e. The molecule has 172 valence electrons. The van der Waals surface area contributed by atoms with Crippen LogP contribution in [0, 0.1) is 6.92 Å². The number of rotatable bonds is 6. The maximum atomic E-state index is 12.9. The van der Waals surface area contributed by atoms with Gasteiger partial charge in [-0.25, -0.2) is 9.97 Å². The second-order valence-corrected chi connectivity index (χ2v) is 8.05. The topological polar surface area (TPSA) is 122 Å². The van der Waals surface area contributed by atoms with E-state index in [0.717, 1.165) is 23.3 Å². The molecule has 2 aliphatic rings. The molecule has 0 saturated carbocycles. The van der Waals surface area contributed by atoms with E-state index in [1.54, 1.807) is 35.4 Å². The number of nitrogens with zero attached hydrogens (tertiary/aromatic N) is 4. The number of morpholine rings is 1. The Balaban J connectivity index is 1.42. The molecule has 4 rings (SSSR count). The first-order valence-electron chi connectivity index (χ1n) is 10.8. The number of aryl methyl sites for hydroxylation is 1. The monoisotopic (exact) mass is 451 g/mol. The minimum Gasteiger partial charge on any atom is -0.362 e. The molecule has 1 atom stereocenters. The molecule has 0 radical (unpaired) electrons. The van der Waals surface area contributed by atoms with Crippen LogP contribution in [0.4, 0.5) is 5.82 Å². The molecule has 1 N–H and O–H groups in total. The number of pyridine rings is 2. The highest BCUT2D eigenvalue weighted by Gasteiger charge is 2.33. The summed E-state index contributed by atoms with van der Waals surface area (Å²) in [6.07, 6.45) is 3.22. The third-order valence-electron chi connectivity index (χ3n) is 5.67. The second kappa shape index (κ2) is 9.86. The molecule has 0 aliphatic carbocycles. The van der Waals surface area contributed by atoms with Crippen molar-refractivity contribution in [3.63, 3.8) is 0 Å². The van der Waals surface area contributed by atoms with E-state index in [-0.39, 0.29) is 49.7 Å². The van der Waals surface area contributed by atoms with Gasteiger partial charge in [0.2, 0.25) is 5.91 Å². The quantitative estimate of drug-likeness (QED) is 0.660. The number of hydrogen-bond donors (Lipinski definition) is 1. The Morgan fingerprint density at radius 3 is 2.67 bits per heavy atom. The molecule has 0 bridgehead atoms. The third kappa shape index (κ3) is 5.23. The van der Waals surface area contributed by atoms with E-state index < -0.39 is 11.8 Å². The highest BCUT2D eigenvalue weighted by atomic mass is 16.5. The molecule has 10 nitrogen and oxygen atoms in total. The predicted molar refractivity (Wildman–Crippen MR) is 117 cm³/mol. The fourth-order valence-electron chi connectivity index (χ4n) is 3.98. The number of amides is 4. The van der Waals surface area contributed by atoms with Crippen LogP contribution < -0.4 is 5.32 Å². The summed E-state index contributed by atoms with van der Waals surface area (Å²) in [5.41, 5.74) is 1.85. The minimum absolute atomic E-state index is 0.0303. The van der Waals surface area contributed by atoms with E-state index in [9.17, 15) is 19.2 Å². The number of hydrogen-bond acceptors (Lipinski definition) is 7. The van der Waals surface area contributed by atoms with Crippen molar-refractivity contribution in [2.24, 2.45) is 0 Å². The maximum absolute atomic E-state index is 12.9. The Kier molecular flexibility index (Phi) is 6.74. The standard InChI is InChI=1S/C23H25N5O5/c1-15-7-8-19(24-12-15)26-23(32)17-5-2-4-16(25-17)18-6-3-10-27(18)20(29)9-11-28-21(30)13-33-14-22(28)31/h2,4-5,7-8,12,18H,3,6,9-11,13-14H2,1H3,(H,24,26,32)/t18-/m1/s1. The molecule has 10 heteroatoms. The first kappa shape index (κ1) is 22.5. The first-order chi connectivity index (χ1) is 15.9. The van der Waals surface area contributed by atoms with E-state index in [4.69, 9.17) is 4.74 Å². The van der Waals surface area contributed by atoms with Crippen LogP contribution in [0.2, 0.25) is 0 Å². The Labute approximate surface area is 190 Å². The molecule has 2 aromatic rings. The first-order valence-corrected chi connectivity index (χ1v) is 10.8. The van der Waals surface area contributed by atoms with Gasteiger partial charge < -0.3 is 15.0 Å². The van der Waals surface area contributed by atoms with Crippen LogP contribution in [0.3, 0.4) is 0 Å². The van der Waals surface area contributed by atoms with Crippen molar-refractivity contribution in [1.82, 2.24) is 19.8 Å². The number of carbonyl (C=O) groups is 4. The molecule has 33 heavy (non-hydrogen) atoms. The van der Waals surface area contributed by atoms with E-state index >= 15 is 0 Å². The molecule has 0 aromatic carbocycles. The zero-order chi connectivity index (χ0) is 23.4. The number of anilines is 1. The van der Waals surface area contributed by atoms with Crippen LogP contribution in [0.15, 0.2) is 36.5 Å². The van der Waals surface area contributed by atoms with Crippen molar-refractivity contribution in [2.75, 3.05) is 31.6 Å². The summed E-state index contributed by atoms with van der Waals surface area (Å²) in [7, 11) is 0. The lowest BCUT2D eigenvalue weighted by Crippen LogP contribution is -2.47. The smallest absolute Gasteiger partial charge is 0.275 e. The van der Waals surface area contributed by atoms with Crippen LogP contribution in [0.5, 0.6) is 0 Å². The van der Waals surface area contributed by atoms with Gasteiger partial charge in [0.1, 0.15) is 24.7 Å². The average Bonchev–Trinajstić information content (AvgIpc) is 3.30. The van der Waals surface area contributed by atoms with Crippen LogP contribution >= 0.6 is 0 Å². The Bertz CT molecular complexity index is 1060. The molecule has 4 amide bonds. The van der Waals surface area contributed by atoms with Crippen LogP contribution in [0.25, 0.3) is 0 Å². The zero-order valence-electron chi connectivity index (χ0n) is 18.3. The predicted octanol–water partition coefficient (Wildman–Crippen LogP) is 1.48. The summed E-state index contributed by atoms with van der Waals surface area (Å²) >= 11 is 0. The van der Waals surface area contributed by atoms with Gasteiger partial charge in [-0.05, 0) is 43.5 Å². The van der Waals surface area contributed by atoms with E-state index in [0.29, 0.717) is 18.1 Å². The molecule has 2 aliphatic heterocycles. The van der Waals surface area contributed by atoms with Gasteiger partial charge in [-0.3, -0.25) is 24.1 Å². The van der Waals surface area contributed by atoms with Crippen LogP contribution in [-0.2, 0) is 19.1 Å². The number of nitrogens with one attached hydrogen (secondary N) is 1. The zero-order valence-corrected chi connectivity index (χ0v) is 18.3. The van der Waals surface area contributed by atoms with Crippen molar-refractivity contribution in [3.8, 4) is 0 Å². The summed E-state index contributed by atoms with van der Waals surface area (Å²) in [4.78, 5) is 60.8. The highest BCUT2D eigenvalue weighted by molar-refractivity contribution is 6.02. The van der Waals surface area contributed by atoms with E-state index in [2.05, 4.69) is 15.3 Å². The fourth-order valence-corrected chi connectivity index (χ4v) is 3.98. The fraction of sp³-hybridized carbons (Fsp3) is 0.391. The lowest BCUT2D eigenvalue weighted by atomic mass is 10.1. The number of imide groups is 1. The minimum atomic E-state index is -0.430. The van der Waals surface area contributed by atoms with Gasteiger partial charge in [0, 0.05) is 25.7 Å². The van der Waals surface area contributed by atoms with Gasteiger partial charge in [-0.2, -0.15) is 0 Å². The normalized spacial score (nSPS) is 18.5. The molecule has 0 unspecified atom stereocenters. The van der Waals surface area contributed by atoms with Crippen molar-refractivity contribution >= 4 is 29.4 Å². The Hall–Kier alpha value is -3.66. The lowest BCUT2D eigenvalue weighted by molar-refractivity contribution is -0.158. The number of carbonyl (C=O) groups excluding carboxylic acids is 4. The summed E-state index contributed by atoms with van der Waals surface area (Å²) < 4.78 is 4.90. The second-order valence-electron chi connectivity index (χ2n) is 8.05. The number of likely N-dealkylation sites (tertiary alicyclic amines) is 1. The van der Waals surface area contributed by atoms with Crippen molar-refractivity contribution in [1.29, 1.82) is 0 Å². The van der Waals surface area contributed by atoms with Gasteiger partial charge in [0.15, 0.2) is 0 Å². The summed E-state index contributed by atoms with van der Waals surface area (Å²) in [6.45, 7) is 2.20. The highest BCUT2D eigenvalue weighted by Crippen LogP contribution is 2.31. The van der Waals surface area contributed by atoms with Gasteiger partial charge in [0.25, 0.3) is 17.7 Å². The average molecular weight is 451 g/mol. The summed E-state index contributed by atoms with van der Waals surface area (Å²) in [5, 5.41) is 2.73. The van der Waals surface area contributed by atoms with Crippen molar-refractivity contribution < 1.29 is 23.9 Å². The molecule has 0 spiro atoms. The summed E-state index contributed by atoms with van der Waals surface area (Å²) in [5.74, 6) is -0.970. The van der Waals surface area contributed by atoms with E-state index in [1.165, 1.54) is 0 Å².